The fourth-order valence-corrected chi connectivity index (χ4v) is 2.44. The number of nitrogens with zero attached hydrogens (tertiary/aromatic N) is 2. The minimum Gasteiger partial charge on any atom is -0.338 e. The van der Waals surface area contributed by atoms with Gasteiger partial charge < -0.3 is 4.52 Å². The second-order valence-corrected chi connectivity index (χ2v) is 4.95. The largest absolute Gasteiger partial charge is 0.338 e. The molecule has 1 aliphatic heterocycles. The lowest BCUT2D eigenvalue weighted by Gasteiger charge is -2.10. The second-order valence-electron chi connectivity index (χ2n) is 4.65. The van der Waals surface area contributed by atoms with E-state index in [1.807, 2.05) is 30.3 Å². The molecule has 1 saturated heterocycles. The first-order chi connectivity index (χ1) is 9.28. The van der Waals surface area contributed by atoms with Gasteiger partial charge in [-0.3, -0.25) is 9.69 Å². The van der Waals surface area contributed by atoms with Crippen LogP contribution in [0.1, 0.15) is 6.42 Å². The van der Waals surface area contributed by atoms with E-state index in [1.165, 1.54) is 0 Å². The number of carbonyl (C=O) groups is 1. The predicted molar refractivity (Wildman–Crippen MR) is 73.1 cm³/mol. The molecule has 0 spiro atoms. The maximum atomic E-state index is 11.9. The van der Waals surface area contributed by atoms with Crippen molar-refractivity contribution in [3.8, 4) is 11.3 Å². The summed E-state index contributed by atoms with van der Waals surface area (Å²) in [7, 11) is 0. The van der Waals surface area contributed by atoms with Crippen LogP contribution in [0.3, 0.4) is 0 Å². The predicted octanol–water partition coefficient (Wildman–Crippen LogP) is 2.93. The summed E-state index contributed by atoms with van der Waals surface area (Å²) in [5.74, 6) is 1.22. The highest BCUT2D eigenvalue weighted by Crippen LogP contribution is 2.29. The Bertz CT molecular complexity index is 582. The Morgan fingerprint density at radius 1 is 1.37 bits per heavy atom. The van der Waals surface area contributed by atoms with E-state index in [0.29, 0.717) is 24.7 Å². The van der Waals surface area contributed by atoms with Crippen LogP contribution in [0.15, 0.2) is 40.9 Å². The fourth-order valence-electron chi connectivity index (χ4n) is 2.24. The number of carbonyl (C=O) groups excluding carboxylic acids is 1. The Balaban J connectivity index is 1.84. The van der Waals surface area contributed by atoms with Gasteiger partial charge in [0.2, 0.25) is 11.8 Å². The van der Waals surface area contributed by atoms with Gasteiger partial charge in [-0.25, -0.2) is 0 Å². The van der Waals surface area contributed by atoms with E-state index in [9.17, 15) is 4.79 Å². The van der Waals surface area contributed by atoms with Crippen LogP contribution >= 0.6 is 11.6 Å². The van der Waals surface area contributed by atoms with Crippen LogP contribution in [0, 0.1) is 5.92 Å². The molecular formula is C14H13ClN2O2. The number of hydrogen-bond donors (Lipinski definition) is 0. The highest BCUT2D eigenvalue weighted by Gasteiger charge is 2.32. The zero-order chi connectivity index (χ0) is 13.2. The molecule has 1 unspecified atom stereocenters. The Labute approximate surface area is 115 Å². The Morgan fingerprint density at radius 2 is 2.16 bits per heavy atom. The Hall–Kier alpha value is -1.81. The van der Waals surface area contributed by atoms with Crippen molar-refractivity contribution >= 4 is 23.4 Å². The van der Waals surface area contributed by atoms with Gasteiger partial charge in [-0.05, 0) is 5.92 Å². The number of alkyl halides is 1. The molecular weight excluding hydrogens is 264 g/mol. The summed E-state index contributed by atoms with van der Waals surface area (Å²) in [5, 5.41) is 4.01. The van der Waals surface area contributed by atoms with E-state index < -0.39 is 0 Å². The van der Waals surface area contributed by atoms with E-state index in [0.717, 1.165) is 11.3 Å². The maximum absolute atomic E-state index is 11.9. The topological polar surface area (TPSA) is 46.3 Å². The summed E-state index contributed by atoms with van der Waals surface area (Å²) >= 11 is 5.80. The SMILES string of the molecule is O=C1CC(CCl)CN1c1cc(-c2ccccc2)no1. The minimum atomic E-state index is 0.0430. The summed E-state index contributed by atoms with van der Waals surface area (Å²) in [6.07, 6.45) is 0.477. The molecule has 1 aromatic heterocycles. The van der Waals surface area contributed by atoms with Gasteiger partial charge in [-0.15, -0.1) is 11.6 Å². The molecule has 0 saturated carbocycles. The lowest BCUT2D eigenvalue weighted by molar-refractivity contribution is -0.117. The monoisotopic (exact) mass is 276 g/mol. The molecule has 1 fully saturated rings. The number of rotatable bonds is 3. The summed E-state index contributed by atoms with van der Waals surface area (Å²) < 4.78 is 5.28. The van der Waals surface area contributed by atoms with E-state index >= 15 is 0 Å². The number of hydrogen-bond acceptors (Lipinski definition) is 3. The van der Waals surface area contributed by atoms with Crippen LogP contribution in [-0.2, 0) is 4.79 Å². The van der Waals surface area contributed by atoms with Gasteiger partial charge in [0.15, 0.2) is 0 Å². The molecule has 0 bridgehead atoms. The molecule has 1 aromatic carbocycles. The molecule has 4 nitrogen and oxygen atoms in total. The second kappa shape index (κ2) is 5.05. The molecule has 1 amide bonds. The van der Waals surface area contributed by atoms with E-state index in [4.69, 9.17) is 16.1 Å². The van der Waals surface area contributed by atoms with Gasteiger partial charge in [0.05, 0.1) is 0 Å². The highest BCUT2D eigenvalue weighted by molar-refractivity contribution is 6.18. The molecule has 2 heterocycles. The lowest BCUT2D eigenvalue weighted by Crippen LogP contribution is -2.24. The summed E-state index contributed by atoms with van der Waals surface area (Å²) in [6.45, 7) is 0.603. The van der Waals surface area contributed by atoms with Crippen molar-refractivity contribution in [1.29, 1.82) is 0 Å². The van der Waals surface area contributed by atoms with Crippen LogP contribution in [0.4, 0.5) is 5.88 Å². The molecule has 19 heavy (non-hydrogen) atoms. The normalized spacial score (nSPS) is 19.1. The summed E-state index contributed by atoms with van der Waals surface area (Å²) in [6, 6.07) is 11.5. The zero-order valence-corrected chi connectivity index (χ0v) is 11.0. The van der Waals surface area contributed by atoms with E-state index in [-0.39, 0.29) is 11.8 Å². The van der Waals surface area contributed by atoms with Gasteiger partial charge in [0.25, 0.3) is 0 Å². The molecule has 1 aliphatic rings. The fraction of sp³-hybridized carbons (Fsp3) is 0.286. The lowest BCUT2D eigenvalue weighted by atomic mass is 10.1. The third kappa shape index (κ3) is 2.36. The summed E-state index contributed by atoms with van der Waals surface area (Å²) in [5.41, 5.74) is 1.70. The smallest absolute Gasteiger partial charge is 0.234 e. The van der Waals surface area contributed by atoms with Crippen molar-refractivity contribution in [1.82, 2.24) is 5.16 Å². The molecule has 3 rings (SSSR count). The first kappa shape index (κ1) is 12.2. The van der Waals surface area contributed by atoms with Gasteiger partial charge in [0.1, 0.15) is 5.69 Å². The third-order valence-corrected chi connectivity index (χ3v) is 3.69. The first-order valence-electron chi connectivity index (χ1n) is 6.16. The number of amides is 1. The average Bonchev–Trinajstić information content (AvgIpc) is 3.06. The van der Waals surface area contributed by atoms with Crippen molar-refractivity contribution < 1.29 is 9.32 Å². The molecule has 2 aromatic rings. The first-order valence-corrected chi connectivity index (χ1v) is 6.70. The van der Waals surface area contributed by atoms with Gasteiger partial charge in [0, 0.05) is 30.5 Å². The zero-order valence-electron chi connectivity index (χ0n) is 10.3. The maximum Gasteiger partial charge on any atom is 0.234 e. The molecule has 0 N–H and O–H groups in total. The Morgan fingerprint density at radius 3 is 2.84 bits per heavy atom. The van der Waals surface area contributed by atoms with Gasteiger partial charge in [-0.2, -0.15) is 0 Å². The van der Waals surface area contributed by atoms with Crippen LogP contribution in [0.2, 0.25) is 0 Å². The van der Waals surface area contributed by atoms with Gasteiger partial charge >= 0.3 is 0 Å². The number of anilines is 1. The van der Waals surface area contributed by atoms with Crippen LogP contribution < -0.4 is 4.90 Å². The summed E-state index contributed by atoms with van der Waals surface area (Å²) in [4.78, 5) is 13.5. The highest BCUT2D eigenvalue weighted by atomic mass is 35.5. The van der Waals surface area contributed by atoms with Crippen LogP contribution in [0.5, 0.6) is 0 Å². The minimum absolute atomic E-state index is 0.0430. The van der Waals surface area contributed by atoms with Crippen molar-refractivity contribution in [2.45, 2.75) is 6.42 Å². The standard InChI is InChI=1S/C14H13ClN2O2/c15-8-10-6-13(18)17(9-10)14-7-12(16-19-14)11-4-2-1-3-5-11/h1-5,7,10H,6,8-9H2. The van der Waals surface area contributed by atoms with Gasteiger partial charge in [-0.1, -0.05) is 35.5 Å². The van der Waals surface area contributed by atoms with E-state index in [2.05, 4.69) is 5.16 Å². The van der Waals surface area contributed by atoms with Crippen molar-refractivity contribution in [3.05, 3.63) is 36.4 Å². The molecule has 98 valence electrons. The third-order valence-electron chi connectivity index (χ3n) is 3.26. The Kier molecular flexibility index (Phi) is 3.25. The van der Waals surface area contributed by atoms with Crippen molar-refractivity contribution in [2.24, 2.45) is 5.92 Å². The van der Waals surface area contributed by atoms with Crippen LogP contribution in [-0.4, -0.2) is 23.5 Å². The number of aromatic nitrogens is 1. The molecule has 0 aliphatic carbocycles. The van der Waals surface area contributed by atoms with E-state index in [1.54, 1.807) is 11.0 Å². The van der Waals surface area contributed by atoms with Crippen molar-refractivity contribution in [2.75, 3.05) is 17.3 Å². The molecule has 5 heteroatoms. The van der Waals surface area contributed by atoms with Crippen molar-refractivity contribution in [3.63, 3.8) is 0 Å². The molecule has 0 radical (unpaired) electrons. The quantitative estimate of drug-likeness (QED) is 0.810. The van der Waals surface area contributed by atoms with Crippen LogP contribution in [0.25, 0.3) is 11.3 Å². The molecule has 1 atom stereocenters. The number of halogens is 1. The number of benzene rings is 1. The average molecular weight is 277 g/mol.